The molecule has 0 saturated carbocycles. The van der Waals surface area contributed by atoms with Crippen molar-refractivity contribution in [3.05, 3.63) is 34.9 Å². The third-order valence-corrected chi connectivity index (χ3v) is 2.76. The second-order valence-corrected chi connectivity index (χ2v) is 4.34. The van der Waals surface area contributed by atoms with Crippen LogP contribution in [0.25, 0.3) is 0 Å². The molecule has 1 rings (SSSR count). The summed E-state index contributed by atoms with van der Waals surface area (Å²) in [6, 6.07) is 7.29. The fourth-order valence-corrected chi connectivity index (χ4v) is 1.63. The molecule has 5 heteroatoms. The molecule has 0 N–H and O–H groups in total. The highest BCUT2D eigenvalue weighted by Crippen LogP contribution is 2.15. The molecule has 0 spiro atoms. The van der Waals surface area contributed by atoms with Gasteiger partial charge in [-0.2, -0.15) is 0 Å². The second kappa shape index (κ2) is 8.67. The van der Waals surface area contributed by atoms with E-state index >= 15 is 0 Å². The summed E-state index contributed by atoms with van der Waals surface area (Å²) >= 11 is 5.95. The van der Waals surface area contributed by atoms with Crippen LogP contribution in [0.5, 0.6) is 0 Å². The maximum atomic E-state index is 11.5. The lowest BCUT2D eigenvalue weighted by Gasteiger charge is -2.05. The fourth-order valence-electron chi connectivity index (χ4n) is 1.44. The third-order valence-electron chi connectivity index (χ3n) is 2.39. The fraction of sp³-hybridized carbons (Fsp3) is 0.429. The zero-order valence-electron chi connectivity index (χ0n) is 10.9. The van der Waals surface area contributed by atoms with Crippen LogP contribution < -0.4 is 0 Å². The molecule has 19 heavy (non-hydrogen) atoms. The predicted octanol–water partition coefficient (Wildman–Crippen LogP) is 2.77. The molecule has 4 nitrogen and oxygen atoms in total. The van der Waals surface area contributed by atoms with Gasteiger partial charge < -0.3 is 9.47 Å². The molecule has 0 bridgehead atoms. The predicted molar refractivity (Wildman–Crippen MR) is 72.0 cm³/mol. The first-order valence-corrected chi connectivity index (χ1v) is 6.49. The van der Waals surface area contributed by atoms with Gasteiger partial charge in [0.05, 0.1) is 19.6 Å². The molecule has 0 radical (unpaired) electrons. The zero-order valence-corrected chi connectivity index (χ0v) is 11.6. The van der Waals surface area contributed by atoms with E-state index in [-0.39, 0.29) is 37.8 Å². The second-order valence-electron chi connectivity index (χ2n) is 3.93. The Labute approximate surface area is 117 Å². The van der Waals surface area contributed by atoms with Crippen molar-refractivity contribution in [2.24, 2.45) is 0 Å². The van der Waals surface area contributed by atoms with Crippen LogP contribution in [-0.4, -0.2) is 25.0 Å². The van der Waals surface area contributed by atoms with E-state index < -0.39 is 0 Å². The van der Waals surface area contributed by atoms with Gasteiger partial charge in [0.1, 0.15) is 6.61 Å². The van der Waals surface area contributed by atoms with Gasteiger partial charge in [-0.05, 0) is 18.6 Å². The highest BCUT2D eigenvalue weighted by molar-refractivity contribution is 6.31. The van der Waals surface area contributed by atoms with E-state index in [9.17, 15) is 9.59 Å². The smallest absolute Gasteiger partial charge is 0.306 e. The van der Waals surface area contributed by atoms with Gasteiger partial charge in [-0.1, -0.05) is 29.8 Å². The number of ketones is 1. The van der Waals surface area contributed by atoms with Crippen LogP contribution in [-0.2, 0) is 25.7 Å². The van der Waals surface area contributed by atoms with Gasteiger partial charge in [0.2, 0.25) is 0 Å². The third kappa shape index (κ3) is 6.36. The lowest BCUT2D eigenvalue weighted by atomic mass is 10.2. The molecule has 0 unspecified atom stereocenters. The molecule has 0 aliphatic rings. The number of carbonyl (C=O) groups is 2. The number of benzene rings is 1. The quantitative estimate of drug-likeness (QED) is 0.689. The highest BCUT2D eigenvalue weighted by atomic mass is 35.5. The van der Waals surface area contributed by atoms with E-state index in [0.29, 0.717) is 11.6 Å². The van der Waals surface area contributed by atoms with Crippen molar-refractivity contribution in [3.8, 4) is 0 Å². The maximum Gasteiger partial charge on any atom is 0.306 e. The van der Waals surface area contributed by atoms with Gasteiger partial charge in [-0.3, -0.25) is 9.59 Å². The molecule has 0 saturated heterocycles. The Kier molecular flexibility index (Phi) is 7.15. The van der Waals surface area contributed by atoms with Crippen molar-refractivity contribution in [3.63, 3.8) is 0 Å². The zero-order chi connectivity index (χ0) is 14.1. The SMILES string of the molecule is CCOC(=O)CCC(=O)COCc1ccccc1Cl. The molecule has 1 aromatic rings. The number of esters is 1. The average Bonchev–Trinajstić information content (AvgIpc) is 2.39. The minimum atomic E-state index is -0.359. The van der Waals surface area contributed by atoms with E-state index in [2.05, 4.69) is 0 Å². The van der Waals surface area contributed by atoms with E-state index in [0.717, 1.165) is 5.56 Å². The molecule has 104 valence electrons. The van der Waals surface area contributed by atoms with Crippen LogP contribution in [0.2, 0.25) is 5.02 Å². The summed E-state index contributed by atoms with van der Waals surface area (Å²) in [6.07, 6.45) is 0.240. The summed E-state index contributed by atoms with van der Waals surface area (Å²) in [7, 11) is 0. The number of hydrogen-bond acceptors (Lipinski definition) is 4. The molecule has 0 aromatic heterocycles. The van der Waals surface area contributed by atoms with Crippen LogP contribution in [0.3, 0.4) is 0 Å². The van der Waals surface area contributed by atoms with Crippen molar-refractivity contribution in [2.45, 2.75) is 26.4 Å². The number of halogens is 1. The van der Waals surface area contributed by atoms with Gasteiger partial charge in [0, 0.05) is 11.4 Å². The summed E-state index contributed by atoms with van der Waals surface area (Å²) < 4.78 is 10.0. The summed E-state index contributed by atoms with van der Waals surface area (Å²) in [5, 5.41) is 0.612. The molecular formula is C14H17ClO4. The monoisotopic (exact) mass is 284 g/mol. The van der Waals surface area contributed by atoms with Gasteiger partial charge in [0.25, 0.3) is 0 Å². The molecule has 0 heterocycles. The summed E-state index contributed by atoms with van der Waals surface area (Å²) in [4.78, 5) is 22.5. The minimum Gasteiger partial charge on any atom is -0.466 e. The van der Waals surface area contributed by atoms with Crippen molar-refractivity contribution in [2.75, 3.05) is 13.2 Å². The Balaban J connectivity index is 2.21. The highest BCUT2D eigenvalue weighted by Gasteiger charge is 2.08. The molecule has 0 amide bonds. The van der Waals surface area contributed by atoms with Gasteiger partial charge in [-0.15, -0.1) is 0 Å². The maximum absolute atomic E-state index is 11.5. The number of carbonyl (C=O) groups excluding carboxylic acids is 2. The number of ether oxygens (including phenoxy) is 2. The number of rotatable bonds is 8. The molecule has 0 aliphatic carbocycles. The standard InChI is InChI=1S/C14H17ClO4/c1-2-19-14(17)8-7-12(16)10-18-9-11-5-3-4-6-13(11)15/h3-6H,2,7-10H2,1H3. The normalized spacial score (nSPS) is 10.2. The minimum absolute atomic E-state index is 0.0232. The Bertz CT molecular complexity index is 431. The Morgan fingerprint density at radius 1 is 1.21 bits per heavy atom. The largest absolute Gasteiger partial charge is 0.466 e. The summed E-state index contributed by atoms with van der Waals surface area (Å²) in [6.45, 7) is 2.32. The van der Waals surface area contributed by atoms with Gasteiger partial charge in [-0.25, -0.2) is 0 Å². The van der Waals surface area contributed by atoms with Gasteiger partial charge >= 0.3 is 5.97 Å². The summed E-state index contributed by atoms with van der Waals surface area (Å²) in [5.74, 6) is -0.484. The lowest BCUT2D eigenvalue weighted by molar-refractivity contribution is -0.144. The van der Waals surface area contributed by atoms with E-state index in [4.69, 9.17) is 21.1 Å². The van der Waals surface area contributed by atoms with Crippen LogP contribution in [0.4, 0.5) is 0 Å². The van der Waals surface area contributed by atoms with Crippen LogP contribution in [0.1, 0.15) is 25.3 Å². The van der Waals surface area contributed by atoms with Gasteiger partial charge in [0.15, 0.2) is 5.78 Å². The Morgan fingerprint density at radius 2 is 1.95 bits per heavy atom. The first kappa shape index (κ1) is 15.7. The Hall–Kier alpha value is -1.39. The van der Waals surface area contributed by atoms with Crippen LogP contribution >= 0.6 is 11.6 Å². The first-order valence-electron chi connectivity index (χ1n) is 6.12. The van der Waals surface area contributed by atoms with Crippen LogP contribution in [0.15, 0.2) is 24.3 Å². The molecule has 1 aromatic carbocycles. The average molecular weight is 285 g/mol. The van der Waals surface area contributed by atoms with Crippen molar-refractivity contribution in [1.82, 2.24) is 0 Å². The van der Waals surface area contributed by atoms with Crippen molar-refractivity contribution >= 4 is 23.4 Å². The number of Topliss-reactive ketones (excluding diaryl/α,β-unsaturated/α-hetero) is 1. The summed E-state index contributed by atoms with van der Waals surface area (Å²) in [5.41, 5.74) is 0.836. The molecule has 0 atom stereocenters. The van der Waals surface area contributed by atoms with E-state index in [1.54, 1.807) is 13.0 Å². The lowest BCUT2D eigenvalue weighted by Crippen LogP contribution is -2.12. The van der Waals surface area contributed by atoms with Crippen LogP contribution in [0, 0.1) is 0 Å². The topological polar surface area (TPSA) is 52.6 Å². The van der Waals surface area contributed by atoms with E-state index in [1.165, 1.54) is 0 Å². The Morgan fingerprint density at radius 3 is 2.63 bits per heavy atom. The molecule has 0 fully saturated rings. The number of hydrogen-bond donors (Lipinski definition) is 0. The van der Waals surface area contributed by atoms with Crippen molar-refractivity contribution in [1.29, 1.82) is 0 Å². The molecule has 0 aliphatic heterocycles. The van der Waals surface area contributed by atoms with E-state index in [1.807, 2.05) is 18.2 Å². The van der Waals surface area contributed by atoms with Crippen molar-refractivity contribution < 1.29 is 19.1 Å². The first-order chi connectivity index (χ1) is 9.13. The molecular weight excluding hydrogens is 268 g/mol.